The zero-order valence-corrected chi connectivity index (χ0v) is 19.4. The summed E-state index contributed by atoms with van der Waals surface area (Å²) in [4.78, 5) is 17.1. The lowest BCUT2D eigenvalue weighted by Crippen LogP contribution is -2.25. The molecular formula is C26H26BrN3O2. The number of para-hydroxylation sites is 3. The van der Waals surface area contributed by atoms with Gasteiger partial charge in [0.1, 0.15) is 11.6 Å². The maximum absolute atomic E-state index is 12.3. The Morgan fingerprint density at radius 2 is 1.69 bits per heavy atom. The molecule has 4 rings (SSSR count). The highest BCUT2D eigenvalue weighted by Crippen LogP contribution is 2.18. The Morgan fingerprint density at radius 3 is 2.50 bits per heavy atom. The van der Waals surface area contributed by atoms with Gasteiger partial charge in [0.05, 0.1) is 17.6 Å². The summed E-state index contributed by atoms with van der Waals surface area (Å²) in [5.74, 6) is 1.89. The molecular weight excluding hydrogens is 466 g/mol. The molecule has 1 amide bonds. The molecule has 0 bridgehead atoms. The summed E-state index contributed by atoms with van der Waals surface area (Å²) in [6.45, 7) is 2.10. The Morgan fingerprint density at radius 1 is 0.938 bits per heavy atom. The number of carbonyl (C=O) groups excluding carboxylic acids is 1. The summed E-state index contributed by atoms with van der Waals surface area (Å²) in [5.41, 5.74) is 2.81. The number of hydrogen-bond acceptors (Lipinski definition) is 3. The van der Waals surface area contributed by atoms with Crippen LogP contribution in [0, 0.1) is 0 Å². The van der Waals surface area contributed by atoms with Gasteiger partial charge in [0.15, 0.2) is 0 Å². The van der Waals surface area contributed by atoms with Gasteiger partial charge in [-0.1, -0.05) is 46.3 Å². The van der Waals surface area contributed by atoms with Crippen LogP contribution in [0.4, 0.5) is 0 Å². The highest BCUT2D eigenvalue weighted by molar-refractivity contribution is 9.10. The number of aromatic nitrogens is 2. The zero-order chi connectivity index (χ0) is 22.2. The van der Waals surface area contributed by atoms with Crippen molar-refractivity contribution < 1.29 is 9.53 Å². The number of halogens is 1. The van der Waals surface area contributed by atoms with Crippen molar-refractivity contribution in [1.82, 2.24) is 14.9 Å². The quantitative estimate of drug-likeness (QED) is 0.292. The van der Waals surface area contributed by atoms with E-state index in [0.717, 1.165) is 52.9 Å². The smallest absolute Gasteiger partial charge is 0.251 e. The monoisotopic (exact) mass is 491 g/mol. The summed E-state index contributed by atoms with van der Waals surface area (Å²) in [6.07, 6.45) is 2.52. The second-order valence-corrected chi connectivity index (χ2v) is 8.47. The van der Waals surface area contributed by atoms with Gasteiger partial charge in [-0.15, -0.1) is 0 Å². The molecule has 0 unspecified atom stereocenters. The third kappa shape index (κ3) is 5.77. The zero-order valence-electron chi connectivity index (χ0n) is 17.8. The van der Waals surface area contributed by atoms with Gasteiger partial charge in [-0.2, -0.15) is 0 Å². The first-order valence-electron chi connectivity index (χ1n) is 10.9. The van der Waals surface area contributed by atoms with Crippen molar-refractivity contribution in [1.29, 1.82) is 0 Å². The molecule has 0 radical (unpaired) electrons. The summed E-state index contributed by atoms with van der Waals surface area (Å²) in [5, 5.41) is 3.00. The molecule has 1 N–H and O–H groups in total. The molecule has 1 heterocycles. The average Bonchev–Trinajstić information content (AvgIpc) is 3.18. The molecule has 1 aromatic heterocycles. The minimum absolute atomic E-state index is 0.0518. The second kappa shape index (κ2) is 11.0. The fourth-order valence-electron chi connectivity index (χ4n) is 3.65. The maximum Gasteiger partial charge on any atom is 0.251 e. The first kappa shape index (κ1) is 22.1. The number of amides is 1. The van der Waals surface area contributed by atoms with E-state index in [1.807, 2.05) is 72.8 Å². The van der Waals surface area contributed by atoms with Crippen LogP contribution in [0.3, 0.4) is 0 Å². The third-order valence-electron chi connectivity index (χ3n) is 5.24. The van der Waals surface area contributed by atoms with E-state index in [1.54, 1.807) is 0 Å². The fraction of sp³-hybridized carbons (Fsp3) is 0.231. The van der Waals surface area contributed by atoms with Crippen molar-refractivity contribution in [3.63, 3.8) is 0 Å². The Bertz CT molecular complexity index is 1160. The van der Waals surface area contributed by atoms with Crippen molar-refractivity contribution >= 4 is 32.9 Å². The highest BCUT2D eigenvalue weighted by atomic mass is 79.9. The lowest BCUT2D eigenvalue weighted by molar-refractivity contribution is 0.0953. The van der Waals surface area contributed by atoms with Crippen LogP contribution in [0.25, 0.3) is 11.0 Å². The number of imidazole rings is 1. The molecule has 0 aliphatic carbocycles. The molecule has 0 fully saturated rings. The van der Waals surface area contributed by atoms with Gasteiger partial charge in [0.25, 0.3) is 5.91 Å². The van der Waals surface area contributed by atoms with Gasteiger partial charge in [0, 0.05) is 29.5 Å². The molecule has 32 heavy (non-hydrogen) atoms. The molecule has 0 saturated heterocycles. The van der Waals surface area contributed by atoms with Gasteiger partial charge < -0.3 is 14.6 Å². The molecule has 5 nitrogen and oxygen atoms in total. The maximum atomic E-state index is 12.3. The van der Waals surface area contributed by atoms with E-state index in [9.17, 15) is 4.79 Å². The molecule has 0 spiro atoms. The summed E-state index contributed by atoms with van der Waals surface area (Å²) in [7, 11) is 0. The van der Waals surface area contributed by atoms with Gasteiger partial charge in [-0.05, 0) is 61.4 Å². The lowest BCUT2D eigenvalue weighted by atomic mass is 10.2. The first-order valence-corrected chi connectivity index (χ1v) is 11.7. The van der Waals surface area contributed by atoms with E-state index in [1.165, 1.54) is 0 Å². The number of benzene rings is 3. The van der Waals surface area contributed by atoms with Gasteiger partial charge in [-0.25, -0.2) is 4.98 Å². The van der Waals surface area contributed by atoms with Crippen molar-refractivity contribution in [3.8, 4) is 5.75 Å². The SMILES string of the molecule is O=C(NCCCc1nc2ccccc2n1CCCOc1ccccc1)c1ccc(Br)cc1. The summed E-state index contributed by atoms with van der Waals surface area (Å²) >= 11 is 3.39. The molecule has 6 heteroatoms. The molecule has 0 atom stereocenters. The average molecular weight is 492 g/mol. The number of aryl methyl sites for hydroxylation is 2. The lowest BCUT2D eigenvalue weighted by Gasteiger charge is -2.11. The van der Waals surface area contributed by atoms with Crippen molar-refractivity contribution in [2.45, 2.75) is 25.8 Å². The number of hydrogen-bond donors (Lipinski definition) is 1. The van der Waals surface area contributed by atoms with Crippen LogP contribution in [0.2, 0.25) is 0 Å². The summed E-state index contributed by atoms with van der Waals surface area (Å²) < 4.78 is 9.08. The molecule has 0 aliphatic rings. The Hall–Kier alpha value is -3.12. The molecule has 4 aromatic rings. The van der Waals surface area contributed by atoms with E-state index >= 15 is 0 Å². The van der Waals surface area contributed by atoms with E-state index in [-0.39, 0.29) is 5.91 Å². The summed E-state index contributed by atoms with van der Waals surface area (Å²) in [6, 6.07) is 25.5. The van der Waals surface area contributed by atoms with Crippen molar-refractivity contribution in [2.75, 3.05) is 13.2 Å². The van der Waals surface area contributed by atoms with E-state index in [0.29, 0.717) is 18.7 Å². The van der Waals surface area contributed by atoms with Gasteiger partial charge >= 0.3 is 0 Å². The van der Waals surface area contributed by atoms with Gasteiger partial charge in [-0.3, -0.25) is 4.79 Å². The van der Waals surface area contributed by atoms with Crippen LogP contribution in [0.15, 0.2) is 83.3 Å². The Kier molecular flexibility index (Phi) is 7.56. The van der Waals surface area contributed by atoms with Crippen LogP contribution in [0.1, 0.15) is 29.0 Å². The number of fused-ring (bicyclic) bond motifs is 1. The first-order chi connectivity index (χ1) is 15.7. The van der Waals surface area contributed by atoms with Crippen LogP contribution in [-0.2, 0) is 13.0 Å². The molecule has 0 aliphatic heterocycles. The topological polar surface area (TPSA) is 56.2 Å². The minimum atomic E-state index is -0.0518. The normalized spacial score (nSPS) is 10.9. The van der Waals surface area contributed by atoms with Crippen LogP contribution < -0.4 is 10.1 Å². The van der Waals surface area contributed by atoms with Crippen LogP contribution in [-0.4, -0.2) is 28.6 Å². The number of nitrogens with one attached hydrogen (secondary N) is 1. The third-order valence-corrected chi connectivity index (χ3v) is 5.77. The second-order valence-electron chi connectivity index (χ2n) is 7.55. The molecule has 164 valence electrons. The van der Waals surface area contributed by atoms with E-state index in [2.05, 4.69) is 31.9 Å². The minimum Gasteiger partial charge on any atom is -0.494 e. The predicted octanol–water partition coefficient (Wildman–Crippen LogP) is 5.63. The van der Waals surface area contributed by atoms with Crippen molar-refractivity contribution in [2.24, 2.45) is 0 Å². The van der Waals surface area contributed by atoms with Crippen molar-refractivity contribution in [3.05, 3.63) is 94.7 Å². The molecule has 0 saturated carbocycles. The largest absolute Gasteiger partial charge is 0.494 e. The number of carbonyl (C=O) groups is 1. The van der Waals surface area contributed by atoms with E-state index in [4.69, 9.17) is 9.72 Å². The van der Waals surface area contributed by atoms with Gasteiger partial charge in [0.2, 0.25) is 0 Å². The van der Waals surface area contributed by atoms with E-state index < -0.39 is 0 Å². The number of ether oxygens (including phenoxy) is 1. The van der Waals surface area contributed by atoms with Crippen LogP contribution in [0.5, 0.6) is 5.75 Å². The van der Waals surface area contributed by atoms with Crippen LogP contribution >= 0.6 is 15.9 Å². The standard InChI is InChI=1S/C26H26BrN3O2/c27-21-15-13-20(14-16-21)26(31)28-17-6-12-25-29-23-10-4-5-11-24(23)30(25)18-7-19-32-22-8-2-1-3-9-22/h1-5,8-11,13-16H,6-7,12,17-19H2,(H,28,31). The predicted molar refractivity (Wildman–Crippen MR) is 131 cm³/mol. The fourth-order valence-corrected chi connectivity index (χ4v) is 3.91. The Labute approximate surface area is 196 Å². The molecule has 3 aromatic carbocycles. The Balaban J connectivity index is 1.32. The highest BCUT2D eigenvalue weighted by Gasteiger charge is 2.11. The number of nitrogens with zero attached hydrogens (tertiary/aromatic N) is 2. The number of rotatable bonds is 10.